The quantitative estimate of drug-likeness (QED) is 0.797. The van der Waals surface area contributed by atoms with E-state index < -0.39 is 11.5 Å². The van der Waals surface area contributed by atoms with Crippen molar-refractivity contribution in [2.24, 2.45) is 0 Å². The molecule has 1 aliphatic heterocycles. The molecule has 1 aromatic carbocycles. The molecule has 2 aromatic rings. The van der Waals surface area contributed by atoms with E-state index in [0.717, 1.165) is 16.5 Å². The first-order chi connectivity index (χ1) is 11.0. The zero-order valence-corrected chi connectivity index (χ0v) is 13.2. The molecule has 0 spiro atoms. The Morgan fingerprint density at radius 1 is 1.35 bits per heavy atom. The highest BCUT2D eigenvalue weighted by molar-refractivity contribution is 6.31. The van der Waals surface area contributed by atoms with Crippen molar-refractivity contribution in [3.05, 3.63) is 35.0 Å². The number of rotatable bonds is 4. The summed E-state index contributed by atoms with van der Waals surface area (Å²) in [6.07, 6.45) is 2.38. The van der Waals surface area contributed by atoms with Gasteiger partial charge in [0.2, 0.25) is 5.91 Å². The summed E-state index contributed by atoms with van der Waals surface area (Å²) < 4.78 is 5.20. The number of carboxylic acid groups (broad SMARTS) is 1. The molecule has 23 heavy (non-hydrogen) atoms. The molecule has 3 rings (SSSR count). The second-order valence-corrected chi connectivity index (χ2v) is 6.16. The van der Waals surface area contributed by atoms with Crippen molar-refractivity contribution in [1.82, 2.24) is 10.3 Å². The summed E-state index contributed by atoms with van der Waals surface area (Å²) in [5, 5.41) is 13.6. The number of aliphatic carboxylic acids is 1. The second-order valence-electron chi connectivity index (χ2n) is 5.73. The maximum Gasteiger partial charge on any atom is 0.329 e. The number of benzene rings is 1. The summed E-state index contributed by atoms with van der Waals surface area (Å²) in [6.45, 7) is 0.657. The van der Waals surface area contributed by atoms with Crippen molar-refractivity contribution in [3.63, 3.8) is 0 Å². The largest absolute Gasteiger partial charge is 0.480 e. The molecule has 1 aliphatic rings. The maximum absolute atomic E-state index is 12.4. The van der Waals surface area contributed by atoms with Crippen molar-refractivity contribution in [2.45, 2.75) is 24.8 Å². The first kappa shape index (κ1) is 15.8. The lowest BCUT2D eigenvalue weighted by Gasteiger charge is -2.33. The number of hydrogen-bond acceptors (Lipinski definition) is 3. The minimum absolute atomic E-state index is 0.0935. The third kappa shape index (κ3) is 3.18. The van der Waals surface area contributed by atoms with E-state index in [0.29, 0.717) is 18.2 Å². The van der Waals surface area contributed by atoms with E-state index in [4.69, 9.17) is 16.3 Å². The minimum Gasteiger partial charge on any atom is -0.480 e. The fourth-order valence-corrected chi connectivity index (χ4v) is 3.07. The molecule has 1 amide bonds. The Bertz CT molecular complexity index is 750. The lowest BCUT2D eigenvalue weighted by molar-refractivity contribution is -0.152. The SMILES string of the molecule is O=C(Cc1c[nH]c2ccc(Cl)cc12)NC1(C(=O)O)CCOCC1. The molecule has 6 nitrogen and oxygen atoms in total. The molecular formula is C16H17ClN2O4. The van der Waals surface area contributed by atoms with Crippen LogP contribution >= 0.6 is 11.6 Å². The fraction of sp³-hybridized carbons (Fsp3) is 0.375. The Morgan fingerprint density at radius 3 is 2.78 bits per heavy atom. The molecule has 0 saturated carbocycles. The van der Waals surface area contributed by atoms with Crippen LogP contribution < -0.4 is 5.32 Å². The topological polar surface area (TPSA) is 91.4 Å². The number of halogens is 1. The number of fused-ring (bicyclic) bond motifs is 1. The molecule has 2 heterocycles. The molecule has 0 bridgehead atoms. The van der Waals surface area contributed by atoms with Crippen LogP contribution in [0.5, 0.6) is 0 Å². The van der Waals surface area contributed by atoms with Crippen LogP contribution in [0, 0.1) is 0 Å². The molecule has 7 heteroatoms. The van der Waals surface area contributed by atoms with E-state index in [9.17, 15) is 14.7 Å². The fourth-order valence-electron chi connectivity index (χ4n) is 2.89. The zero-order chi connectivity index (χ0) is 16.4. The van der Waals surface area contributed by atoms with Crippen molar-refractivity contribution < 1.29 is 19.4 Å². The van der Waals surface area contributed by atoms with E-state index in [1.165, 1.54) is 0 Å². The van der Waals surface area contributed by atoms with Gasteiger partial charge in [0.1, 0.15) is 5.54 Å². The highest BCUT2D eigenvalue weighted by Gasteiger charge is 2.41. The number of amides is 1. The third-order valence-electron chi connectivity index (χ3n) is 4.21. The molecule has 122 valence electrons. The Hall–Kier alpha value is -2.05. The van der Waals surface area contributed by atoms with Gasteiger partial charge in [-0.2, -0.15) is 0 Å². The summed E-state index contributed by atoms with van der Waals surface area (Å²) in [6, 6.07) is 5.40. The molecule has 3 N–H and O–H groups in total. The Balaban J connectivity index is 1.77. The van der Waals surface area contributed by atoms with Gasteiger partial charge in [0, 0.05) is 48.2 Å². The number of aromatic amines is 1. The van der Waals surface area contributed by atoms with Gasteiger partial charge in [-0.15, -0.1) is 0 Å². The van der Waals surface area contributed by atoms with Crippen LogP contribution in [0.1, 0.15) is 18.4 Å². The number of aromatic nitrogens is 1. The van der Waals surface area contributed by atoms with Gasteiger partial charge >= 0.3 is 5.97 Å². The normalized spacial score (nSPS) is 17.1. The van der Waals surface area contributed by atoms with Crippen LogP contribution in [0.3, 0.4) is 0 Å². The Morgan fingerprint density at radius 2 is 2.09 bits per heavy atom. The summed E-state index contributed by atoms with van der Waals surface area (Å²) in [7, 11) is 0. The molecule has 0 unspecified atom stereocenters. The lowest BCUT2D eigenvalue weighted by atomic mass is 9.90. The number of carbonyl (C=O) groups excluding carboxylic acids is 1. The standard InChI is InChI=1S/C16H17ClN2O4/c17-11-1-2-13-12(8-11)10(9-18-13)7-14(20)19-16(15(21)22)3-5-23-6-4-16/h1-2,8-9,18H,3-7H2,(H,19,20)(H,21,22). The van der Waals surface area contributed by atoms with Crippen molar-refractivity contribution >= 4 is 34.4 Å². The number of carbonyl (C=O) groups is 2. The number of ether oxygens (including phenoxy) is 1. The highest BCUT2D eigenvalue weighted by atomic mass is 35.5. The predicted molar refractivity (Wildman–Crippen MR) is 85.6 cm³/mol. The zero-order valence-electron chi connectivity index (χ0n) is 12.4. The van der Waals surface area contributed by atoms with Crippen LogP contribution in [0.4, 0.5) is 0 Å². The van der Waals surface area contributed by atoms with Crippen molar-refractivity contribution in [2.75, 3.05) is 13.2 Å². The average molecular weight is 337 g/mol. The number of carboxylic acids is 1. The van der Waals surface area contributed by atoms with Gasteiger partial charge in [0.15, 0.2) is 0 Å². The number of nitrogens with one attached hydrogen (secondary N) is 2. The summed E-state index contributed by atoms with van der Waals surface area (Å²) >= 11 is 6.00. The average Bonchev–Trinajstić information content (AvgIpc) is 2.90. The molecule has 0 aliphatic carbocycles. The van der Waals surface area contributed by atoms with Gasteiger partial charge in [0.05, 0.1) is 6.42 Å². The number of hydrogen-bond donors (Lipinski definition) is 3. The highest BCUT2D eigenvalue weighted by Crippen LogP contribution is 2.24. The van der Waals surface area contributed by atoms with Gasteiger partial charge in [0.25, 0.3) is 0 Å². The van der Waals surface area contributed by atoms with E-state index in [2.05, 4.69) is 10.3 Å². The van der Waals surface area contributed by atoms with E-state index in [-0.39, 0.29) is 25.2 Å². The Kier molecular flexibility index (Phi) is 4.28. The lowest BCUT2D eigenvalue weighted by Crippen LogP contribution is -2.57. The predicted octanol–water partition coefficient (Wildman–Crippen LogP) is 2.11. The van der Waals surface area contributed by atoms with Gasteiger partial charge in [-0.1, -0.05) is 11.6 Å². The summed E-state index contributed by atoms with van der Waals surface area (Å²) in [5.41, 5.74) is 0.433. The van der Waals surface area contributed by atoms with Gasteiger partial charge < -0.3 is 20.1 Å². The van der Waals surface area contributed by atoms with Crippen LogP contribution in [0.2, 0.25) is 5.02 Å². The smallest absolute Gasteiger partial charge is 0.329 e. The Labute approximate surface area is 137 Å². The number of H-pyrrole nitrogens is 1. The van der Waals surface area contributed by atoms with Gasteiger partial charge in [-0.3, -0.25) is 4.79 Å². The summed E-state index contributed by atoms with van der Waals surface area (Å²) in [4.78, 5) is 27.0. The molecule has 0 atom stereocenters. The molecule has 1 aromatic heterocycles. The van der Waals surface area contributed by atoms with E-state index >= 15 is 0 Å². The first-order valence-electron chi connectivity index (χ1n) is 7.38. The maximum atomic E-state index is 12.4. The van der Waals surface area contributed by atoms with Gasteiger partial charge in [-0.25, -0.2) is 4.79 Å². The second kappa shape index (κ2) is 6.22. The first-order valence-corrected chi connectivity index (χ1v) is 7.76. The monoisotopic (exact) mass is 336 g/mol. The molecule has 1 fully saturated rings. The van der Waals surface area contributed by atoms with Crippen LogP contribution in [0.15, 0.2) is 24.4 Å². The summed E-state index contributed by atoms with van der Waals surface area (Å²) in [5.74, 6) is -1.34. The minimum atomic E-state index is -1.24. The molecular weight excluding hydrogens is 320 g/mol. The van der Waals surface area contributed by atoms with Crippen molar-refractivity contribution in [1.29, 1.82) is 0 Å². The third-order valence-corrected chi connectivity index (χ3v) is 4.45. The molecule has 1 saturated heterocycles. The van der Waals surface area contributed by atoms with Crippen LogP contribution in [0.25, 0.3) is 10.9 Å². The van der Waals surface area contributed by atoms with Crippen LogP contribution in [-0.2, 0) is 20.7 Å². The molecule has 0 radical (unpaired) electrons. The van der Waals surface area contributed by atoms with E-state index in [1.54, 1.807) is 18.3 Å². The van der Waals surface area contributed by atoms with Crippen LogP contribution in [-0.4, -0.2) is 40.7 Å². The van der Waals surface area contributed by atoms with Crippen molar-refractivity contribution in [3.8, 4) is 0 Å². The van der Waals surface area contributed by atoms with E-state index in [1.807, 2.05) is 6.07 Å². The van der Waals surface area contributed by atoms with Gasteiger partial charge in [-0.05, 0) is 23.8 Å².